The van der Waals surface area contributed by atoms with Gasteiger partial charge in [-0.05, 0) is 53.3 Å². The maximum atomic E-state index is 4.31. The minimum Gasteiger partial charge on any atom is -0.368 e. The molecule has 0 spiro atoms. The highest BCUT2D eigenvalue weighted by atomic mass is 127. The molecule has 1 unspecified atom stereocenters. The molecule has 0 aliphatic carbocycles. The molecule has 2 rings (SSSR count). The molecule has 1 aromatic rings. The zero-order chi connectivity index (χ0) is 9.80. The normalized spacial score (nSPS) is 21.1. The third-order valence-corrected chi connectivity index (χ3v) is 4.55. The largest absolute Gasteiger partial charge is 0.368 e. The average Bonchev–Trinajstić information content (AvgIpc) is 2.69. The van der Waals surface area contributed by atoms with Crippen molar-refractivity contribution in [1.82, 2.24) is 4.98 Å². The lowest BCUT2D eigenvalue weighted by Crippen LogP contribution is -2.14. The number of aromatic nitrogens is 1. The predicted molar refractivity (Wildman–Crippen MR) is 70.9 cm³/mol. The van der Waals surface area contributed by atoms with Crippen molar-refractivity contribution in [2.45, 2.75) is 18.1 Å². The molecule has 76 valence electrons. The SMILES string of the molecule is Ic1cccnc1NCC1CCCS1. The van der Waals surface area contributed by atoms with E-state index in [2.05, 4.69) is 50.7 Å². The summed E-state index contributed by atoms with van der Waals surface area (Å²) in [6, 6.07) is 4.05. The maximum Gasteiger partial charge on any atom is 0.139 e. The van der Waals surface area contributed by atoms with Crippen LogP contribution in [0.1, 0.15) is 12.8 Å². The molecule has 0 aromatic carbocycles. The van der Waals surface area contributed by atoms with E-state index in [1.807, 2.05) is 12.3 Å². The van der Waals surface area contributed by atoms with Gasteiger partial charge in [-0.25, -0.2) is 4.98 Å². The van der Waals surface area contributed by atoms with Gasteiger partial charge in [0.25, 0.3) is 0 Å². The summed E-state index contributed by atoms with van der Waals surface area (Å²) in [6.07, 6.45) is 4.56. The van der Waals surface area contributed by atoms with Gasteiger partial charge in [0.15, 0.2) is 0 Å². The van der Waals surface area contributed by atoms with Crippen LogP contribution in [0.2, 0.25) is 0 Å². The Morgan fingerprint density at radius 2 is 2.57 bits per heavy atom. The minimum absolute atomic E-state index is 0.785. The number of hydrogen-bond donors (Lipinski definition) is 1. The predicted octanol–water partition coefficient (Wildman–Crippen LogP) is 2.99. The number of hydrogen-bond acceptors (Lipinski definition) is 3. The second kappa shape index (κ2) is 5.21. The van der Waals surface area contributed by atoms with E-state index in [0.717, 1.165) is 17.6 Å². The topological polar surface area (TPSA) is 24.9 Å². The molecule has 1 aliphatic heterocycles. The fourth-order valence-electron chi connectivity index (χ4n) is 1.53. The summed E-state index contributed by atoms with van der Waals surface area (Å²) in [5.41, 5.74) is 0. The first-order valence-corrected chi connectivity index (χ1v) is 6.95. The summed E-state index contributed by atoms with van der Waals surface area (Å²) in [5, 5.41) is 4.20. The van der Waals surface area contributed by atoms with Crippen molar-refractivity contribution in [3.8, 4) is 0 Å². The minimum atomic E-state index is 0.785. The zero-order valence-electron chi connectivity index (χ0n) is 7.87. The number of pyridine rings is 1. The quantitative estimate of drug-likeness (QED) is 0.867. The van der Waals surface area contributed by atoms with E-state index in [0.29, 0.717) is 0 Å². The Morgan fingerprint density at radius 3 is 3.29 bits per heavy atom. The molecule has 1 aromatic heterocycles. The van der Waals surface area contributed by atoms with E-state index < -0.39 is 0 Å². The molecule has 4 heteroatoms. The van der Waals surface area contributed by atoms with Crippen LogP contribution < -0.4 is 5.32 Å². The van der Waals surface area contributed by atoms with Gasteiger partial charge in [-0.3, -0.25) is 0 Å². The Balaban J connectivity index is 1.88. The Hall–Kier alpha value is 0.0300. The van der Waals surface area contributed by atoms with Gasteiger partial charge in [0.2, 0.25) is 0 Å². The fraction of sp³-hybridized carbons (Fsp3) is 0.500. The highest BCUT2D eigenvalue weighted by molar-refractivity contribution is 14.1. The molecule has 14 heavy (non-hydrogen) atoms. The Kier molecular flexibility index (Phi) is 3.92. The number of rotatable bonds is 3. The van der Waals surface area contributed by atoms with Crippen molar-refractivity contribution in [3.63, 3.8) is 0 Å². The third-order valence-electron chi connectivity index (χ3n) is 2.28. The van der Waals surface area contributed by atoms with Gasteiger partial charge in [-0.15, -0.1) is 0 Å². The van der Waals surface area contributed by atoms with Crippen LogP contribution in [0.3, 0.4) is 0 Å². The molecule has 0 amide bonds. The molecule has 0 bridgehead atoms. The summed E-state index contributed by atoms with van der Waals surface area (Å²) < 4.78 is 1.20. The Morgan fingerprint density at radius 1 is 1.64 bits per heavy atom. The van der Waals surface area contributed by atoms with Crippen LogP contribution in [0.15, 0.2) is 18.3 Å². The molecule has 2 nitrogen and oxygen atoms in total. The summed E-state index contributed by atoms with van der Waals surface area (Å²) >= 11 is 4.39. The van der Waals surface area contributed by atoms with Crippen molar-refractivity contribution in [1.29, 1.82) is 0 Å². The highest BCUT2D eigenvalue weighted by Crippen LogP contribution is 2.26. The van der Waals surface area contributed by atoms with Crippen molar-refractivity contribution < 1.29 is 0 Å². The number of anilines is 1. The van der Waals surface area contributed by atoms with Crippen LogP contribution in [0.5, 0.6) is 0 Å². The van der Waals surface area contributed by atoms with Gasteiger partial charge in [-0.2, -0.15) is 11.8 Å². The maximum absolute atomic E-state index is 4.31. The molecule has 1 atom stereocenters. The van der Waals surface area contributed by atoms with E-state index >= 15 is 0 Å². The summed E-state index contributed by atoms with van der Waals surface area (Å²) in [6.45, 7) is 1.05. The van der Waals surface area contributed by atoms with E-state index in [1.54, 1.807) is 0 Å². The van der Waals surface area contributed by atoms with E-state index in [9.17, 15) is 0 Å². The Labute approximate surface area is 102 Å². The number of halogens is 1. The van der Waals surface area contributed by atoms with Gasteiger partial charge in [0.05, 0.1) is 3.57 Å². The Bertz CT molecular complexity index is 300. The molecule has 1 N–H and O–H groups in total. The van der Waals surface area contributed by atoms with Gasteiger partial charge >= 0.3 is 0 Å². The second-order valence-corrected chi connectivity index (χ2v) is 5.92. The first-order chi connectivity index (χ1) is 6.86. The van der Waals surface area contributed by atoms with Crippen molar-refractivity contribution in [3.05, 3.63) is 21.9 Å². The lowest BCUT2D eigenvalue weighted by molar-refractivity contribution is 0.803. The number of thioether (sulfide) groups is 1. The molecule has 0 radical (unpaired) electrons. The van der Waals surface area contributed by atoms with Gasteiger partial charge in [-0.1, -0.05) is 0 Å². The van der Waals surface area contributed by atoms with E-state index in [4.69, 9.17) is 0 Å². The lowest BCUT2D eigenvalue weighted by atomic mass is 10.2. The first-order valence-electron chi connectivity index (χ1n) is 4.82. The molecule has 1 aliphatic rings. The molecular weight excluding hydrogens is 307 g/mol. The van der Waals surface area contributed by atoms with Gasteiger partial charge in [0.1, 0.15) is 5.82 Å². The second-order valence-electron chi connectivity index (χ2n) is 3.35. The molecule has 1 fully saturated rings. The highest BCUT2D eigenvalue weighted by Gasteiger charge is 2.15. The molecule has 0 saturated carbocycles. The van der Waals surface area contributed by atoms with Gasteiger partial charge in [0, 0.05) is 18.0 Å². The number of nitrogens with one attached hydrogen (secondary N) is 1. The standard InChI is InChI=1S/C10H13IN2S/c11-9-4-1-5-12-10(9)13-7-8-3-2-6-14-8/h1,4-5,8H,2-3,6-7H2,(H,12,13). The van der Waals surface area contributed by atoms with Gasteiger partial charge < -0.3 is 5.32 Å². The van der Waals surface area contributed by atoms with Crippen LogP contribution in [0, 0.1) is 3.57 Å². The van der Waals surface area contributed by atoms with E-state index in [1.165, 1.54) is 22.2 Å². The summed E-state index contributed by atoms with van der Waals surface area (Å²) in [4.78, 5) is 4.31. The first kappa shape index (κ1) is 10.5. The zero-order valence-corrected chi connectivity index (χ0v) is 10.8. The van der Waals surface area contributed by atoms with Crippen LogP contribution >= 0.6 is 34.4 Å². The molecule has 1 saturated heterocycles. The van der Waals surface area contributed by atoms with Crippen molar-refractivity contribution in [2.24, 2.45) is 0 Å². The van der Waals surface area contributed by atoms with Crippen molar-refractivity contribution in [2.75, 3.05) is 17.6 Å². The summed E-state index contributed by atoms with van der Waals surface area (Å²) in [7, 11) is 0. The van der Waals surface area contributed by atoms with Crippen LogP contribution in [-0.2, 0) is 0 Å². The monoisotopic (exact) mass is 320 g/mol. The van der Waals surface area contributed by atoms with Crippen molar-refractivity contribution >= 4 is 40.2 Å². The van der Waals surface area contributed by atoms with Crippen LogP contribution in [-0.4, -0.2) is 22.5 Å². The van der Waals surface area contributed by atoms with Crippen LogP contribution in [0.25, 0.3) is 0 Å². The summed E-state index contributed by atoms with van der Waals surface area (Å²) in [5.74, 6) is 2.35. The molecule has 2 heterocycles. The number of nitrogens with zero attached hydrogens (tertiary/aromatic N) is 1. The third kappa shape index (κ3) is 2.76. The van der Waals surface area contributed by atoms with E-state index in [-0.39, 0.29) is 0 Å². The smallest absolute Gasteiger partial charge is 0.139 e. The fourth-order valence-corrected chi connectivity index (χ4v) is 3.27. The van der Waals surface area contributed by atoms with Crippen LogP contribution in [0.4, 0.5) is 5.82 Å². The molecular formula is C10H13IN2S. The average molecular weight is 320 g/mol. The lowest BCUT2D eigenvalue weighted by Gasteiger charge is -2.11.